The molecule has 3 N–H and O–H groups in total. The maximum absolute atomic E-state index is 6.16. The summed E-state index contributed by atoms with van der Waals surface area (Å²) in [5.41, 5.74) is 9.44. The molecule has 0 aliphatic rings. The molecule has 0 fully saturated rings. The van der Waals surface area contributed by atoms with E-state index < -0.39 is 0 Å². The molecule has 2 aromatic carbocycles. The highest BCUT2D eigenvalue weighted by Gasteiger charge is 2.15. The summed E-state index contributed by atoms with van der Waals surface area (Å²) in [5.74, 6) is 0.423. The van der Waals surface area contributed by atoms with Gasteiger partial charge in [-0.05, 0) is 45.8 Å². The number of benzene rings is 2. The van der Waals surface area contributed by atoms with Crippen molar-refractivity contribution in [2.75, 3.05) is 5.73 Å². The standard InChI is InChI=1S/C15H10BrCl2N3/c16-11-5-4-9(7-12(11)18)14-13(15(19)21-20-14)8-2-1-3-10(17)6-8/h1-7H,(H3,19,20,21). The van der Waals surface area contributed by atoms with Crippen LogP contribution in [0.3, 0.4) is 0 Å². The maximum Gasteiger partial charge on any atom is 0.153 e. The van der Waals surface area contributed by atoms with E-state index in [0.29, 0.717) is 15.9 Å². The van der Waals surface area contributed by atoms with Crippen LogP contribution < -0.4 is 5.73 Å². The fourth-order valence-corrected chi connectivity index (χ4v) is 2.77. The molecule has 0 spiro atoms. The average Bonchev–Trinajstić information content (AvgIpc) is 2.84. The van der Waals surface area contributed by atoms with E-state index in [1.165, 1.54) is 0 Å². The number of rotatable bonds is 2. The van der Waals surface area contributed by atoms with Crippen LogP contribution in [-0.2, 0) is 0 Å². The largest absolute Gasteiger partial charge is 0.382 e. The van der Waals surface area contributed by atoms with Crippen molar-refractivity contribution in [3.05, 3.63) is 57.0 Å². The second kappa shape index (κ2) is 5.72. The number of nitrogens with two attached hydrogens (primary N) is 1. The molecule has 106 valence electrons. The lowest BCUT2D eigenvalue weighted by Gasteiger charge is -2.06. The van der Waals surface area contributed by atoms with Crippen molar-refractivity contribution in [1.82, 2.24) is 10.2 Å². The molecule has 0 bridgehead atoms. The molecule has 1 heterocycles. The van der Waals surface area contributed by atoms with Crippen molar-refractivity contribution >= 4 is 44.9 Å². The van der Waals surface area contributed by atoms with Crippen molar-refractivity contribution in [3.63, 3.8) is 0 Å². The van der Waals surface area contributed by atoms with E-state index in [1.54, 1.807) is 0 Å². The van der Waals surface area contributed by atoms with Gasteiger partial charge in [-0.25, -0.2) is 0 Å². The second-order valence-electron chi connectivity index (χ2n) is 4.50. The van der Waals surface area contributed by atoms with Gasteiger partial charge in [-0.2, -0.15) is 5.10 Å². The Bertz CT molecular complexity index is 814. The highest BCUT2D eigenvalue weighted by atomic mass is 79.9. The topological polar surface area (TPSA) is 54.7 Å². The SMILES string of the molecule is Nc1n[nH]c(-c2ccc(Br)c(Cl)c2)c1-c1cccc(Cl)c1. The molecule has 0 radical (unpaired) electrons. The second-order valence-corrected chi connectivity index (χ2v) is 6.20. The number of nitrogens with zero attached hydrogens (tertiary/aromatic N) is 1. The van der Waals surface area contributed by atoms with Crippen molar-refractivity contribution in [2.45, 2.75) is 0 Å². The number of hydrogen-bond donors (Lipinski definition) is 2. The Morgan fingerprint density at radius 2 is 1.86 bits per heavy atom. The van der Waals surface area contributed by atoms with Gasteiger partial charge in [0, 0.05) is 15.1 Å². The summed E-state index contributed by atoms with van der Waals surface area (Å²) in [6, 6.07) is 13.2. The summed E-state index contributed by atoms with van der Waals surface area (Å²) >= 11 is 15.6. The van der Waals surface area contributed by atoms with Crippen LogP contribution in [0.5, 0.6) is 0 Å². The Balaban J connectivity index is 2.19. The number of aromatic amines is 1. The predicted octanol–water partition coefficient (Wildman–Crippen LogP) is 5.40. The van der Waals surface area contributed by atoms with Crippen LogP contribution in [0.25, 0.3) is 22.4 Å². The third-order valence-corrected chi connectivity index (χ3v) is 4.58. The monoisotopic (exact) mass is 381 g/mol. The van der Waals surface area contributed by atoms with Gasteiger partial charge >= 0.3 is 0 Å². The van der Waals surface area contributed by atoms with E-state index in [0.717, 1.165) is 26.9 Å². The van der Waals surface area contributed by atoms with Crippen molar-refractivity contribution in [3.8, 4) is 22.4 Å². The summed E-state index contributed by atoms with van der Waals surface area (Å²) in [6.07, 6.45) is 0. The minimum Gasteiger partial charge on any atom is -0.382 e. The molecular weight excluding hydrogens is 373 g/mol. The quantitative estimate of drug-likeness (QED) is 0.623. The molecule has 3 nitrogen and oxygen atoms in total. The number of halogens is 3. The van der Waals surface area contributed by atoms with Gasteiger partial charge in [0.1, 0.15) is 0 Å². The van der Waals surface area contributed by atoms with Gasteiger partial charge in [-0.1, -0.05) is 41.4 Å². The summed E-state index contributed by atoms with van der Waals surface area (Å²) in [7, 11) is 0. The Morgan fingerprint density at radius 1 is 1.05 bits per heavy atom. The van der Waals surface area contributed by atoms with Crippen LogP contribution in [0.2, 0.25) is 10.0 Å². The summed E-state index contributed by atoms with van der Waals surface area (Å²) < 4.78 is 0.838. The number of anilines is 1. The van der Waals surface area contributed by atoms with Crippen molar-refractivity contribution < 1.29 is 0 Å². The van der Waals surface area contributed by atoms with Crippen LogP contribution in [-0.4, -0.2) is 10.2 Å². The number of aromatic nitrogens is 2. The van der Waals surface area contributed by atoms with Crippen LogP contribution in [0.4, 0.5) is 5.82 Å². The van der Waals surface area contributed by atoms with Gasteiger partial charge in [0.25, 0.3) is 0 Å². The summed E-state index contributed by atoms with van der Waals surface area (Å²) in [6.45, 7) is 0. The summed E-state index contributed by atoms with van der Waals surface area (Å²) in [4.78, 5) is 0. The Kier molecular flexibility index (Phi) is 3.93. The minimum absolute atomic E-state index is 0.423. The van der Waals surface area contributed by atoms with E-state index in [9.17, 15) is 0 Å². The Labute approximate surface area is 140 Å². The lowest BCUT2D eigenvalue weighted by molar-refractivity contribution is 1.10. The van der Waals surface area contributed by atoms with Crippen LogP contribution in [0.15, 0.2) is 46.9 Å². The number of hydrogen-bond acceptors (Lipinski definition) is 2. The number of nitrogens with one attached hydrogen (secondary N) is 1. The molecule has 0 aliphatic heterocycles. The lowest BCUT2D eigenvalue weighted by atomic mass is 10.0. The Morgan fingerprint density at radius 3 is 2.57 bits per heavy atom. The highest BCUT2D eigenvalue weighted by molar-refractivity contribution is 9.10. The van der Waals surface area contributed by atoms with Crippen molar-refractivity contribution in [2.24, 2.45) is 0 Å². The van der Waals surface area contributed by atoms with Gasteiger partial charge in [0.15, 0.2) is 5.82 Å². The molecule has 3 rings (SSSR count). The maximum atomic E-state index is 6.16. The highest BCUT2D eigenvalue weighted by Crippen LogP contribution is 2.37. The molecule has 0 unspecified atom stereocenters. The zero-order chi connectivity index (χ0) is 15.0. The summed E-state index contributed by atoms with van der Waals surface area (Å²) in [5, 5.41) is 8.34. The third kappa shape index (κ3) is 2.79. The first-order valence-electron chi connectivity index (χ1n) is 6.11. The third-order valence-electron chi connectivity index (χ3n) is 3.12. The molecule has 0 saturated heterocycles. The lowest BCUT2D eigenvalue weighted by Crippen LogP contribution is -1.89. The fraction of sp³-hybridized carbons (Fsp3) is 0. The minimum atomic E-state index is 0.423. The van der Waals surface area contributed by atoms with Crippen LogP contribution >= 0.6 is 39.1 Å². The molecule has 0 aliphatic carbocycles. The van der Waals surface area contributed by atoms with E-state index in [2.05, 4.69) is 26.1 Å². The fourth-order valence-electron chi connectivity index (χ4n) is 2.15. The first-order valence-corrected chi connectivity index (χ1v) is 7.66. The van der Waals surface area contributed by atoms with Crippen LogP contribution in [0, 0.1) is 0 Å². The predicted molar refractivity (Wildman–Crippen MR) is 91.6 cm³/mol. The zero-order valence-electron chi connectivity index (χ0n) is 10.7. The molecule has 3 aromatic rings. The van der Waals surface area contributed by atoms with Gasteiger partial charge in [-0.15, -0.1) is 0 Å². The van der Waals surface area contributed by atoms with Gasteiger partial charge < -0.3 is 5.73 Å². The van der Waals surface area contributed by atoms with Crippen LogP contribution in [0.1, 0.15) is 0 Å². The molecular formula is C15H10BrCl2N3. The average molecular weight is 383 g/mol. The first-order chi connectivity index (χ1) is 10.1. The molecule has 0 amide bonds. The van der Waals surface area contributed by atoms with E-state index in [-0.39, 0.29) is 0 Å². The van der Waals surface area contributed by atoms with E-state index in [4.69, 9.17) is 28.9 Å². The molecule has 1 aromatic heterocycles. The first kappa shape index (κ1) is 14.4. The van der Waals surface area contributed by atoms with Gasteiger partial charge in [0.05, 0.1) is 16.3 Å². The number of nitrogen functional groups attached to an aromatic ring is 1. The van der Waals surface area contributed by atoms with Crippen molar-refractivity contribution in [1.29, 1.82) is 0 Å². The molecule has 6 heteroatoms. The Hall–Kier alpha value is -1.49. The molecule has 0 saturated carbocycles. The van der Waals surface area contributed by atoms with E-state index in [1.807, 2.05) is 42.5 Å². The number of H-pyrrole nitrogens is 1. The van der Waals surface area contributed by atoms with Gasteiger partial charge in [-0.3, -0.25) is 5.10 Å². The van der Waals surface area contributed by atoms with Gasteiger partial charge in [0.2, 0.25) is 0 Å². The normalized spacial score (nSPS) is 10.8. The zero-order valence-corrected chi connectivity index (χ0v) is 13.8. The molecule has 21 heavy (non-hydrogen) atoms. The smallest absolute Gasteiger partial charge is 0.153 e. The molecule has 0 atom stereocenters. The van der Waals surface area contributed by atoms with E-state index >= 15 is 0 Å².